The summed E-state index contributed by atoms with van der Waals surface area (Å²) in [5.74, 6) is 8.71. The first-order valence-electron chi connectivity index (χ1n) is 14.9. The first kappa shape index (κ1) is 33.7. The van der Waals surface area contributed by atoms with E-state index < -0.39 is 36.2 Å². The van der Waals surface area contributed by atoms with E-state index in [2.05, 4.69) is 47.5 Å². The van der Waals surface area contributed by atoms with Gasteiger partial charge in [-0.2, -0.15) is 13.2 Å². The zero-order valence-corrected chi connectivity index (χ0v) is 24.3. The Morgan fingerprint density at radius 2 is 1.62 bits per heavy atom. The maximum Gasteiger partial charge on any atom is 0.393 e. The summed E-state index contributed by atoms with van der Waals surface area (Å²) in [6.45, 7) is 9.89. The van der Waals surface area contributed by atoms with Crippen LogP contribution in [0.25, 0.3) is 0 Å². The van der Waals surface area contributed by atoms with Gasteiger partial charge in [-0.25, -0.2) is 9.59 Å². The van der Waals surface area contributed by atoms with Crippen molar-refractivity contribution >= 4 is 11.9 Å². The number of unbranched alkanes of at least 4 members (excludes halogenated alkanes) is 1. The zero-order valence-electron chi connectivity index (χ0n) is 24.3. The molecule has 42 heavy (non-hydrogen) atoms. The summed E-state index contributed by atoms with van der Waals surface area (Å²) in [5, 5.41) is 6.67. The van der Waals surface area contributed by atoms with E-state index in [4.69, 9.17) is 14.2 Å². The summed E-state index contributed by atoms with van der Waals surface area (Å²) >= 11 is 0. The molecule has 0 bridgehead atoms. The fourth-order valence-electron chi connectivity index (χ4n) is 5.67. The molecular formula is C32H43F3N2O5. The van der Waals surface area contributed by atoms with Gasteiger partial charge in [-0.3, -0.25) is 5.32 Å². The Balaban J connectivity index is 1.44. The molecule has 0 radical (unpaired) electrons. The van der Waals surface area contributed by atoms with Gasteiger partial charge in [0, 0.05) is 55.0 Å². The molecule has 2 saturated heterocycles. The van der Waals surface area contributed by atoms with Gasteiger partial charge in [0.1, 0.15) is 0 Å². The topological polar surface area (TPSA) is 85.9 Å². The summed E-state index contributed by atoms with van der Waals surface area (Å²) in [6.07, 6.45) is 2.93. The second-order valence-electron chi connectivity index (χ2n) is 11.3. The number of rotatable bonds is 10. The lowest BCUT2D eigenvalue weighted by molar-refractivity contribution is -0.192. The van der Waals surface area contributed by atoms with Gasteiger partial charge < -0.3 is 19.5 Å². The zero-order chi connectivity index (χ0) is 30.5. The largest absolute Gasteiger partial charge is 0.463 e. The monoisotopic (exact) mass is 592 g/mol. The molecule has 2 heterocycles. The predicted molar refractivity (Wildman–Crippen MR) is 152 cm³/mol. The molecule has 2 N–H and O–H groups in total. The Labute approximate surface area is 247 Å². The fraction of sp³-hybridized carbons (Fsp3) is 0.688. The van der Waals surface area contributed by atoms with Crippen LogP contribution >= 0.6 is 0 Å². The first-order chi connectivity index (χ1) is 20.1. The molecule has 3 aliphatic rings. The SMILES string of the molecule is C=CC(=O)OCCCCC1CCC(C#CC2CCC(C#CC3NC(C)C(CCOC(=O)C=C)O3)CC2C(F)(F)F)CN1. The molecule has 1 aliphatic carbocycles. The maximum absolute atomic E-state index is 14.0. The summed E-state index contributed by atoms with van der Waals surface area (Å²) in [7, 11) is 0. The van der Waals surface area contributed by atoms with Crippen LogP contribution in [0.4, 0.5) is 13.2 Å². The molecule has 3 rings (SSSR count). The number of halogens is 3. The van der Waals surface area contributed by atoms with Crippen LogP contribution in [0.15, 0.2) is 25.3 Å². The molecule has 7 nitrogen and oxygen atoms in total. The normalized spacial score (nSPS) is 31.0. The van der Waals surface area contributed by atoms with E-state index in [0.29, 0.717) is 38.5 Å². The van der Waals surface area contributed by atoms with Crippen LogP contribution in [-0.2, 0) is 23.8 Å². The van der Waals surface area contributed by atoms with Crippen molar-refractivity contribution in [1.29, 1.82) is 0 Å². The average molecular weight is 593 g/mol. The van der Waals surface area contributed by atoms with Crippen molar-refractivity contribution in [3.05, 3.63) is 25.3 Å². The van der Waals surface area contributed by atoms with Crippen LogP contribution in [0.2, 0.25) is 0 Å². The molecule has 232 valence electrons. The van der Waals surface area contributed by atoms with Crippen LogP contribution in [0.3, 0.4) is 0 Å². The van der Waals surface area contributed by atoms with E-state index in [0.717, 1.165) is 44.3 Å². The summed E-state index contributed by atoms with van der Waals surface area (Å²) in [5.41, 5.74) is 0. The number of alkyl halides is 3. The average Bonchev–Trinajstić information content (AvgIpc) is 3.33. The smallest absolute Gasteiger partial charge is 0.393 e. The third kappa shape index (κ3) is 11.1. The summed E-state index contributed by atoms with van der Waals surface area (Å²) in [4.78, 5) is 22.3. The molecule has 0 aromatic rings. The van der Waals surface area contributed by atoms with E-state index in [1.807, 2.05) is 6.92 Å². The van der Waals surface area contributed by atoms with Crippen molar-refractivity contribution in [2.75, 3.05) is 19.8 Å². The van der Waals surface area contributed by atoms with Gasteiger partial charge in [-0.15, -0.1) is 0 Å². The van der Waals surface area contributed by atoms with E-state index in [9.17, 15) is 22.8 Å². The number of piperidine rings is 1. The molecule has 8 unspecified atom stereocenters. The Hall–Kier alpha value is -2.79. The minimum atomic E-state index is -4.33. The van der Waals surface area contributed by atoms with Crippen molar-refractivity contribution in [1.82, 2.24) is 10.6 Å². The first-order valence-corrected chi connectivity index (χ1v) is 14.9. The van der Waals surface area contributed by atoms with E-state index >= 15 is 0 Å². The van der Waals surface area contributed by atoms with Gasteiger partial charge in [0.2, 0.25) is 0 Å². The van der Waals surface area contributed by atoms with Gasteiger partial charge in [-0.05, 0) is 58.3 Å². The summed E-state index contributed by atoms with van der Waals surface area (Å²) in [6, 6.07) is 0.320. The Morgan fingerprint density at radius 3 is 2.29 bits per heavy atom. The lowest BCUT2D eigenvalue weighted by atomic mass is 9.74. The molecule has 0 aromatic carbocycles. The van der Waals surface area contributed by atoms with Crippen LogP contribution in [0.1, 0.15) is 64.7 Å². The minimum Gasteiger partial charge on any atom is -0.463 e. The molecule has 8 atom stereocenters. The lowest BCUT2D eigenvalue weighted by Gasteiger charge is -2.33. The number of nitrogens with one attached hydrogen (secondary N) is 2. The summed E-state index contributed by atoms with van der Waals surface area (Å²) < 4.78 is 57.9. The van der Waals surface area contributed by atoms with Gasteiger partial charge in [0.15, 0.2) is 6.23 Å². The number of carbonyl (C=O) groups is 2. The molecule has 1 saturated carbocycles. The minimum absolute atomic E-state index is 0.0286. The Morgan fingerprint density at radius 1 is 0.929 bits per heavy atom. The number of carbonyl (C=O) groups excluding carboxylic acids is 2. The lowest BCUT2D eigenvalue weighted by Crippen LogP contribution is -2.38. The molecule has 10 heteroatoms. The van der Waals surface area contributed by atoms with Gasteiger partial charge >= 0.3 is 18.1 Å². The van der Waals surface area contributed by atoms with E-state index in [1.54, 1.807) is 0 Å². The van der Waals surface area contributed by atoms with E-state index in [-0.39, 0.29) is 37.0 Å². The van der Waals surface area contributed by atoms with Gasteiger partial charge in [0.05, 0.1) is 25.2 Å². The molecule has 0 amide bonds. The highest BCUT2D eigenvalue weighted by molar-refractivity contribution is 5.81. The third-order valence-electron chi connectivity index (χ3n) is 8.13. The Kier molecular flexibility index (Phi) is 13.4. The molecule has 0 aromatic heterocycles. The molecule has 3 fully saturated rings. The number of hydrogen-bond acceptors (Lipinski definition) is 7. The highest BCUT2D eigenvalue weighted by Gasteiger charge is 2.47. The number of esters is 2. The highest BCUT2D eigenvalue weighted by atomic mass is 19.4. The second-order valence-corrected chi connectivity index (χ2v) is 11.3. The second kappa shape index (κ2) is 16.7. The van der Waals surface area contributed by atoms with Crippen molar-refractivity contribution in [2.45, 2.75) is 95.3 Å². The quantitative estimate of drug-likeness (QED) is 0.165. The number of hydrogen-bond donors (Lipinski definition) is 2. The van der Waals surface area contributed by atoms with Gasteiger partial charge in [0.25, 0.3) is 0 Å². The third-order valence-corrected chi connectivity index (χ3v) is 8.13. The molecule has 2 aliphatic heterocycles. The highest BCUT2D eigenvalue weighted by Crippen LogP contribution is 2.43. The number of ether oxygens (including phenoxy) is 3. The van der Waals surface area contributed by atoms with Crippen LogP contribution in [0, 0.1) is 47.4 Å². The molecular weight excluding hydrogens is 549 g/mol. The van der Waals surface area contributed by atoms with Crippen LogP contribution in [-0.4, -0.2) is 62.3 Å². The van der Waals surface area contributed by atoms with Crippen LogP contribution in [0.5, 0.6) is 0 Å². The molecule has 0 spiro atoms. The van der Waals surface area contributed by atoms with Crippen molar-refractivity contribution < 1.29 is 37.0 Å². The van der Waals surface area contributed by atoms with Gasteiger partial charge in [-0.1, -0.05) is 36.8 Å². The van der Waals surface area contributed by atoms with E-state index in [1.165, 1.54) is 0 Å². The van der Waals surface area contributed by atoms with Crippen LogP contribution < -0.4 is 10.6 Å². The predicted octanol–water partition coefficient (Wildman–Crippen LogP) is 4.68. The van der Waals surface area contributed by atoms with Crippen molar-refractivity contribution in [2.24, 2.45) is 23.7 Å². The fourth-order valence-corrected chi connectivity index (χ4v) is 5.67. The standard InChI is InChI=1S/C32H43F3N2O5/c1-4-30(38)40-18-7-6-8-26-15-11-24(21-36-26)10-14-25-13-9-23(20-27(25)32(33,34)35)12-16-29-37-22(3)28(42-29)17-19-41-31(39)5-2/h4-5,22-29,36-37H,1-2,6-9,11,13,15,17-21H2,3H3. The van der Waals surface area contributed by atoms with Crippen molar-refractivity contribution in [3.63, 3.8) is 0 Å². The van der Waals surface area contributed by atoms with Crippen molar-refractivity contribution in [3.8, 4) is 23.7 Å². The Bertz CT molecular complexity index is 1050. The maximum atomic E-state index is 14.0.